The maximum absolute atomic E-state index is 13.7. The van der Waals surface area contributed by atoms with E-state index in [9.17, 15) is 18.0 Å². The standard InChI is InChI=1S/C20H20ClF3O6/c1-8-4-12-10(9(2)15(8)21)5-11(18(29-12)20(22,23)24)19(25)30-14-7-28-16-13(26-3)6-27-17(14)16/h4-5,13-14,16-18H,6-7H2,1-3H3/t13-,14+,16-,17-,18+/m1/s1. The second-order valence-corrected chi connectivity index (χ2v) is 7.88. The van der Waals surface area contributed by atoms with Gasteiger partial charge in [-0.3, -0.25) is 0 Å². The summed E-state index contributed by atoms with van der Waals surface area (Å²) >= 11 is 6.23. The van der Waals surface area contributed by atoms with Gasteiger partial charge in [-0.25, -0.2) is 4.79 Å². The van der Waals surface area contributed by atoms with Crippen LogP contribution in [0.2, 0.25) is 5.02 Å². The first-order valence-electron chi connectivity index (χ1n) is 9.33. The lowest BCUT2D eigenvalue weighted by atomic mass is 9.96. The molecule has 164 valence electrons. The van der Waals surface area contributed by atoms with Crippen molar-refractivity contribution in [1.82, 2.24) is 0 Å². The number of hydrogen-bond acceptors (Lipinski definition) is 6. The van der Waals surface area contributed by atoms with Crippen molar-refractivity contribution >= 4 is 23.6 Å². The Hall–Kier alpha value is -1.81. The fourth-order valence-electron chi connectivity index (χ4n) is 3.98. The maximum atomic E-state index is 13.7. The molecule has 4 rings (SSSR count). The molecule has 0 radical (unpaired) electrons. The molecule has 1 aromatic carbocycles. The first kappa shape index (κ1) is 21.4. The zero-order chi connectivity index (χ0) is 21.8. The molecule has 6 nitrogen and oxygen atoms in total. The number of halogens is 4. The number of benzene rings is 1. The lowest BCUT2D eigenvalue weighted by Crippen LogP contribution is -2.42. The van der Waals surface area contributed by atoms with Gasteiger partial charge in [-0.15, -0.1) is 0 Å². The van der Waals surface area contributed by atoms with Crippen LogP contribution in [0.1, 0.15) is 16.7 Å². The Morgan fingerprint density at radius 2 is 1.80 bits per heavy atom. The highest BCUT2D eigenvalue weighted by Crippen LogP contribution is 2.42. The van der Waals surface area contributed by atoms with Gasteiger partial charge in [0.15, 0.2) is 6.10 Å². The van der Waals surface area contributed by atoms with Crippen LogP contribution in [0.15, 0.2) is 11.6 Å². The van der Waals surface area contributed by atoms with Gasteiger partial charge in [0.25, 0.3) is 0 Å². The molecule has 0 spiro atoms. The van der Waals surface area contributed by atoms with Gasteiger partial charge in [0.05, 0.1) is 18.8 Å². The maximum Gasteiger partial charge on any atom is 0.430 e. The molecule has 30 heavy (non-hydrogen) atoms. The topological polar surface area (TPSA) is 63.2 Å². The largest absolute Gasteiger partial charge is 0.475 e. The van der Waals surface area contributed by atoms with Crippen molar-refractivity contribution in [1.29, 1.82) is 0 Å². The highest BCUT2D eigenvalue weighted by atomic mass is 35.5. The van der Waals surface area contributed by atoms with Crippen LogP contribution in [0.4, 0.5) is 13.2 Å². The highest BCUT2D eigenvalue weighted by molar-refractivity contribution is 6.32. The van der Waals surface area contributed by atoms with Gasteiger partial charge in [0.2, 0.25) is 6.10 Å². The molecular weight excluding hydrogens is 429 g/mol. The van der Waals surface area contributed by atoms with Crippen molar-refractivity contribution in [3.63, 3.8) is 0 Å². The van der Waals surface area contributed by atoms with Crippen LogP contribution in [0.3, 0.4) is 0 Å². The van der Waals surface area contributed by atoms with Gasteiger partial charge in [-0.2, -0.15) is 13.2 Å². The molecule has 3 heterocycles. The van der Waals surface area contributed by atoms with E-state index in [1.165, 1.54) is 13.2 Å². The average molecular weight is 449 g/mol. The van der Waals surface area contributed by atoms with Crippen LogP contribution in [-0.2, 0) is 23.7 Å². The third-order valence-electron chi connectivity index (χ3n) is 5.58. The summed E-state index contributed by atoms with van der Waals surface area (Å²) in [6.07, 6.45) is -8.33. The molecule has 0 amide bonds. The predicted octanol–water partition coefficient (Wildman–Crippen LogP) is 3.39. The second kappa shape index (κ2) is 7.71. The van der Waals surface area contributed by atoms with Gasteiger partial charge < -0.3 is 23.7 Å². The van der Waals surface area contributed by atoms with E-state index in [2.05, 4.69) is 0 Å². The van der Waals surface area contributed by atoms with Gasteiger partial charge in [-0.05, 0) is 37.1 Å². The Morgan fingerprint density at radius 3 is 2.43 bits per heavy atom. The number of aryl methyl sites for hydroxylation is 1. The van der Waals surface area contributed by atoms with Crippen molar-refractivity contribution < 1.29 is 41.7 Å². The smallest absolute Gasteiger partial charge is 0.430 e. The summed E-state index contributed by atoms with van der Waals surface area (Å²) in [5, 5.41) is 0.392. The van der Waals surface area contributed by atoms with Crippen molar-refractivity contribution in [3.05, 3.63) is 33.4 Å². The average Bonchev–Trinajstić information content (AvgIpc) is 3.27. The van der Waals surface area contributed by atoms with E-state index in [0.29, 0.717) is 21.7 Å². The van der Waals surface area contributed by atoms with Crippen molar-refractivity contribution in [2.24, 2.45) is 0 Å². The summed E-state index contributed by atoms with van der Waals surface area (Å²) < 4.78 is 68.0. The fraction of sp³-hybridized carbons (Fsp3) is 0.550. The zero-order valence-corrected chi connectivity index (χ0v) is 17.2. The van der Waals surface area contributed by atoms with Crippen LogP contribution < -0.4 is 4.74 Å². The van der Waals surface area contributed by atoms with Gasteiger partial charge >= 0.3 is 12.1 Å². The quantitative estimate of drug-likeness (QED) is 0.661. The van der Waals surface area contributed by atoms with Crippen LogP contribution in [0.5, 0.6) is 5.75 Å². The molecule has 3 aliphatic rings. The van der Waals surface area contributed by atoms with Crippen molar-refractivity contribution in [3.8, 4) is 5.75 Å². The molecule has 2 saturated heterocycles. The summed E-state index contributed by atoms with van der Waals surface area (Å²) in [7, 11) is 1.50. The number of carbonyl (C=O) groups is 1. The number of fused-ring (bicyclic) bond motifs is 2. The Kier molecular flexibility index (Phi) is 5.50. The molecule has 0 saturated carbocycles. The molecule has 10 heteroatoms. The van der Waals surface area contributed by atoms with E-state index in [1.807, 2.05) is 0 Å². The predicted molar refractivity (Wildman–Crippen MR) is 99.5 cm³/mol. The zero-order valence-electron chi connectivity index (χ0n) is 16.4. The Balaban J connectivity index is 1.63. The Labute approximate surface area is 175 Å². The SMILES string of the molecule is CO[C@@H]1CO[C@H]2[C@@H]1OC[C@@H]2OC(=O)C1=Cc2c(cc(C)c(Cl)c2C)O[C@@H]1C(F)(F)F. The number of carbonyl (C=O) groups excluding carboxylic acids is 1. The van der Waals surface area contributed by atoms with Gasteiger partial charge in [0.1, 0.15) is 24.1 Å². The summed E-state index contributed by atoms with van der Waals surface area (Å²) in [6.45, 7) is 3.58. The van der Waals surface area contributed by atoms with Crippen LogP contribution in [0.25, 0.3) is 6.08 Å². The number of ether oxygens (including phenoxy) is 5. The summed E-state index contributed by atoms with van der Waals surface area (Å²) in [6, 6.07) is 1.43. The van der Waals surface area contributed by atoms with E-state index in [4.69, 9.17) is 35.3 Å². The number of rotatable bonds is 3. The molecule has 0 N–H and O–H groups in total. The minimum atomic E-state index is -4.82. The van der Waals surface area contributed by atoms with Crippen LogP contribution in [-0.4, -0.2) is 63.0 Å². The molecular formula is C20H20ClF3O6. The third kappa shape index (κ3) is 3.57. The second-order valence-electron chi connectivity index (χ2n) is 7.50. The summed E-state index contributed by atoms with van der Waals surface area (Å²) in [5.74, 6) is -1.13. The Morgan fingerprint density at radius 1 is 1.17 bits per heavy atom. The minimum Gasteiger partial charge on any atom is -0.475 e. The molecule has 1 aromatic rings. The van der Waals surface area contributed by atoms with E-state index in [0.717, 1.165) is 6.08 Å². The normalized spacial score (nSPS) is 30.4. The molecule has 0 aromatic heterocycles. The van der Waals surface area contributed by atoms with Crippen molar-refractivity contribution in [2.45, 2.75) is 50.5 Å². The molecule has 5 atom stereocenters. The molecule has 3 aliphatic heterocycles. The van der Waals surface area contributed by atoms with E-state index in [1.54, 1.807) is 13.8 Å². The van der Waals surface area contributed by atoms with Crippen LogP contribution in [0, 0.1) is 13.8 Å². The minimum absolute atomic E-state index is 0.00634. The van der Waals surface area contributed by atoms with Crippen LogP contribution >= 0.6 is 11.6 Å². The first-order chi connectivity index (χ1) is 14.1. The van der Waals surface area contributed by atoms with E-state index in [-0.39, 0.29) is 25.1 Å². The number of hydrogen-bond donors (Lipinski definition) is 0. The summed E-state index contributed by atoms with van der Waals surface area (Å²) in [4.78, 5) is 12.8. The molecule has 0 aliphatic carbocycles. The van der Waals surface area contributed by atoms with E-state index >= 15 is 0 Å². The Bertz CT molecular complexity index is 900. The molecule has 2 fully saturated rings. The number of methoxy groups -OCH3 is 1. The molecule has 0 unspecified atom stereocenters. The number of alkyl halides is 3. The summed E-state index contributed by atoms with van der Waals surface area (Å²) in [5.41, 5.74) is 0.760. The lowest BCUT2D eigenvalue weighted by molar-refractivity contribution is -0.189. The number of esters is 1. The van der Waals surface area contributed by atoms with Gasteiger partial charge in [-0.1, -0.05) is 11.6 Å². The highest BCUT2D eigenvalue weighted by Gasteiger charge is 2.52. The van der Waals surface area contributed by atoms with Crippen molar-refractivity contribution in [2.75, 3.05) is 20.3 Å². The monoisotopic (exact) mass is 448 g/mol. The lowest BCUT2D eigenvalue weighted by Gasteiger charge is -2.30. The molecule has 0 bridgehead atoms. The first-order valence-corrected chi connectivity index (χ1v) is 9.71. The van der Waals surface area contributed by atoms with E-state index < -0.39 is 42.1 Å². The van der Waals surface area contributed by atoms with Gasteiger partial charge in [0, 0.05) is 17.7 Å². The fourth-order valence-corrected chi connectivity index (χ4v) is 4.14. The third-order valence-corrected chi connectivity index (χ3v) is 6.16.